The number of para-hydroxylation sites is 1. The van der Waals surface area contributed by atoms with Crippen molar-refractivity contribution in [3.05, 3.63) is 152 Å². The zero-order valence-electron chi connectivity index (χ0n) is 36.5. The summed E-state index contributed by atoms with van der Waals surface area (Å²) in [4.78, 5) is 0. The summed E-state index contributed by atoms with van der Waals surface area (Å²) in [5.41, 5.74) is 12.4. The molecular formula is C50H44Br4N6O7. The van der Waals surface area contributed by atoms with E-state index in [9.17, 15) is 20.4 Å². The highest BCUT2D eigenvalue weighted by Crippen LogP contribution is 2.42. The van der Waals surface area contributed by atoms with Crippen LogP contribution in [0.15, 0.2) is 141 Å². The Morgan fingerprint density at radius 3 is 1.51 bits per heavy atom. The Morgan fingerprint density at radius 1 is 0.433 bits per heavy atom. The molecule has 67 heavy (non-hydrogen) atoms. The van der Waals surface area contributed by atoms with E-state index in [0.29, 0.717) is 34.2 Å². The SMILES string of the molecule is Br.COc1cc(-c2cc(-c3ccc(C)c(C)c3)[nH]n2)cc(OC)c1OC.Oc1cc(-c2cc(-c3cc(Br)cc(Br)c3)n[nH]2)cc(O)c1O.Oc1ccccc1-c1cc(-c2cccc(Br)c2)n[nH]1. The molecule has 17 heteroatoms. The third-order valence-corrected chi connectivity index (χ3v) is 11.8. The van der Waals surface area contributed by atoms with E-state index in [1.54, 1.807) is 39.5 Å². The maximum absolute atomic E-state index is 9.83. The lowest BCUT2D eigenvalue weighted by Gasteiger charge is -2.13. The lowest BCUT2D eigenvalue weighted by molar-refractivity contribution is 0.324. The van der Waals surface area contributed by atoms with Crippen LogP contribution < -0.4 is 14.2 Å². The Morgan fingerprint density at radius 2 is 0.955 bits per heavy atom. The number of hydrogen-bond donors (Lipinski definition) is 7. The van der Waals surface area contributed by atoms with Crippen molar-refractivity contribution in [2.24, 2.45) is 0 Å². The van der Waals surface area contributed by atoms with E-state index in [1.165, 1.54) is 23.3 Å². The number of nitrogens with one attached hydrogen (secondary N) is 3. The molecule has 7 N–H and O–H groups in total. The number of rotatable bonds is 9. The van der Waals surface area contributed by atoms with Crippen LogP contribution in [0.4, 0.5) is 0 Å². The first-order valence-corrected chi connectivity index (χ1v) is 22.4. The molecule has 0 amide bonds. The van der Waals surface area contributed by atoms with E-state index in [1.807, 2.05) is 78.9 Å². The Balaban J connectivity index is 0.000000166. The normalized spacial score (nSPS) is 10.5. The zero-order valence-corrected chi connectivity index (χ0v) is 43.0. The van der Waals surface area contributed by atoms with Crippen LogP contribution in [0, 0.1) is 13.8 Å². The summed E-state index contributed by atoms with van der Waals surface area (Å²) < 4.78 is 19.1. The summed E-state index contributed by atoms with van der Waals surface area (Å²) in [6, 6.07) is 39.5. The lowest BCUT2D eigenvalue weighted by atomic mass is 10.0. The number of ether oxygens (including phenoxy) is 3. The van der Waals surface area contributed by atoms with Crippen LogP contribution in [-0.2, 0) is 0 Å². The molecule has 0 saturated carbocycles. The largest absolute Gasteiger partial charge is 0.507 e. The monoisotopic (exact) mass is 1160 g/mol. The molecular weight excluding hydrogens is 1120 g/mol. The number of benzene rings is 6. The number of hydrogen-bond acceptors (Lipinski definition) is 10. The summed E-state index contributed by atoms with van der Waals surface area (Å²) in [7, 11) is 4.80. The number of aromatic hydroxyl groups is 4. The number of aryl methyl sites for hydroxylation is 2. The van der Waals surface area contributed by atoms with Crippen LogP contribution in [-0.4, -0.2) is 72.3 Å². The molecule has 344 valence electrons. The fourth-order valence-electron chi connectivity index (χ4n) is 6.79. The number of phenols is 4. The number of halogens is 4. The topological polar surface area (TPSA) is 195 Å². The van der Waals surface area contributed by atoms with Gasteiger partial charge in [0.1, 0.15) is 5.75 Å². The molecule has 0 aliphatic carbocycles. The molecule has 3 aromatic heterocycles. The second kappa shape index (κ2) is 22.3. The fourth-order valence-corrected chi connectivity index (χ4v) is 8.48. The molecule has 0 aliphatic heterocycles. The van der Waals surface area contributed by atoms with Crippen molar-refractivity contribution in [3.8, 4) is 108 Å². The standard InChI is InChI=1S/C20H22N2O3.C15H10Br2N2O3.C15H11BrN2O.BrH/c1-12-6-7-14(8-13(12)2)16-11-17(22-21-16)15-9-18(23-3)20(25-5)19(10-15)24-4;16-9-1-7(2-10(17)5-9)11-6-12(19-18-11)8-3-13(20)15(22)14(21)4-8;16-11-5-3-4-10(8-11)13-9-14(18-17-13)12-6-1-2-7-15(12)19;/h6-11H,1-5H3,(H,21,22);1-6,20-22H,(H,18,19);1-9,19H,(H,17,18);1H. The van der Waals surface area contributed by atoms with E-state index < -0.39 is 17.2 Å². The zero-order chi connectivity index (χ0) is 47.1. The van der Waals surface area contributed by atoms with Crippen molar-refractivity contribution in [1.82, 2.24) is 30.6 Å². The highest BCUT2D eigenvalue weighted by atomic mass is 79.9. The number of methoxy groups -OCH3 is 3. The number of phenolic OH excluding ortho intramolecular Hbond substituents is 4. The van der Waals surface area contributed by atoms with Gasteiger partial charge in [-0.2, -0.15) is 15.3 Å². The first-order valence-electron chi connectivity index (χ1n) is 20.1. The molecule has 6 aromatic carbocycles. The van der Waals surface area contributed by atoms with E-state index in [4.69, 9.17) is 14.2 Å². The Hall–Kier alpha value is -6.53. The van der Waals surface area contributed by atoms with E-state index in [-0.39, 0.29) is 22.7 Å². The molecule has 9 rings (SSSR count). The van der Waals surface area contributed by atoms with Gasteiger partial charge in [0.05, 0.1) is 55.5 Å². The third kappa shape index (κ3) is 11.9. The maximum atomic E-state index is 9.83. The molecule has 0 saturated heterocycles. The first kappa shape index (κ1) is 49.9. The van der Waals surface area contributed by atoms with Crippen LogP contribution >= 0.6 is 64.8 Å². The van der Waals surface area contributed by atoms with E-state index >= 15 is 0 Å². The first-order chi connectivity index (χ1) is 31.7. The molecule has 0 spiro atoms. The van der Waals surface area contributed by atoms with Gasteiger partial charge in [-0.1, -0.05) is 84.2 Å². The van der Waals surface area contributed by atoms with Gasteiger partial charge in [-0.15, -0.1) is 17.0 Å². The highest BCUT2D eigenvalue weighted by molar-refractivity contribution is 9.11. The van der Waals surface area contributed by atoms with Crippen LogP contribution in [0.1, 0.15) is 11.1 Å². The average Bonchev–Trinajstić information content (AvgIpc) is 4.12. The summed E-state index contributed by atoms with van der Waals surface area (Å²) in [5.74, 6) is 0.692. The van der Waals surface area contributed by atoms with Gasteiger partial charge in [-0.3, -0.25) is 15.3 Å². The molecule has 0 aliphatic rings. The highest BCUT2D eigenvalue weighted by Gasteiger charge is 2.17. The van der Waals surface area contributed by atoms with Gasteiger partial charge < -0.3 is 34.6 Å². The summed E-state index contributed by atoms with van der Waals surface area (Å²) in [6.45, 7) is 4.21. The van der Waals surface area contributed by atoms with Crippen molar-refractivity contribution >= 4 is 64.8 Å². The number of aromatic nitrogens is 6. The van der Waals surface area contributed by atoms with Gasteiger partial charge >= 0.3 is 0 Å². The molecule has 0 radical (unpaired) electrons. The Kier molecular flexibility index (Phi) is 16.6. The van der Waals surface area contributed by atoms with Crippen LogP contribution in [0.25, 0.3) is 67.5 Å². The predicted octanol–water partition coefficient (Wildman–Crippen LogP) is 13.6. The van der Waals surface area contributed by atoms with E-state index in [0.717, 1.165) is 64.0 Å². The minimum absolute atomic E-state index is 0. The third-order valence-electron chi connectivity index (χ3n) is 10.4. The predicted molar refractivity (Wildman–Crippen MR) is 278 cm³/mol. The number of aromatic amines is 3. The smallest absolute Gasteiger partial charge is 0.203 e. The summed E-state index contributed by atoms with van der Waals surface area (Å²) >= 11 is 10.3. The van der Waals surface area contributed by atoms with Crippen molar-refractivity contribution in [3.63, 3.8) is 0 Å². The summed E-state index contributed by atoms with van der Waals surface area (Å²) in [5, 5.41) is 60.3. The van der Waals surface area contributed by atoms with Crippen molar-refractivity contribution < 1.29 is 34.6 Å². The molecule has 3 heterocycles. The maximum Gasteiger partial charge on any atom is 0.203 e. The minimum atomic E-state index is -0.542. The van der Waals surface area contributed by atoms with Crippen LogP contribution in [0.2, 0.25) is 0 Å². The van der Waals surface area contributed by atoms with Gasteiger partial charge in [0.2, 0.25) is 5.75 Å². The molecule has 9 aromatic rings. The van der Waals surface area contributed by atoms with Gasteiger partial charge in [-0.05, 0) is 122 Å². The second-order valence-electron chi connectivity index (χ2n) is 14.8. The Bertz CT molecular complexity index is 3080. The molecule has 0 atom stereocenters. The van der Waals surface area contributed by atoms with Gasteiger partial charge in [-0.25, -0.2) is 0 Å². The quantitative estimate of drug-likeness (QED) is 0.0684. The van der Waals surface area contributed by atoms with Crippen molar-refractivity contribution in [2.75, 3.05) is 21.3 Å². The lowest BCUT2D eigenvalue weighted by Crippen LogP contribution is -1.95. The minimum Gasteiger partial charge on any atom is -0.507 e. The summed E-state index contributed by atoms with van der Waals surface area (Å²) in [6.07, 6.45) is 0. The Labute approximate surface area is 422 Å². The van der Waals surface area contributed by atoms with Crippen LogP contribution in [0.5, 0.6) is 40.2 Å². The number of nitrogens with zero attached hydrogens (tertiary/aromatic N) is 3. The van der Waals surface area contributed by atoms with Crippen LogP contribution in [0.3, 0.4) is 0 Å². The van der Waals surface area contributed by atoms with Crippen molar-refractivity contribution in [1.29, 1.82) is 0 Å². The van der Waals surface area contributed by atoms with E-state index in [2.05, 4.69) is 110 Å². The second-order valence-corrected chi connectivity index (χ2v) is 17.5. The van der Waals surface area contributed by atoms with Gasteiger partial charge in [0.15, 0.2) is 28.7 Å². The van der Waals surface area contributed by atoms with Crippen molar-refractivity contribution in [2.45, 2.75) is 13.8 Å². The average molecular weight is 1160 g/mol. The molecule has 0 bridgehead atoms. The molecule has 0 unspecified atom stereocenters. The molecule has 13 nitrogen and oxygen atoms in total. The number of H-pyrrole nitrogens is 3. The molecule has 0 fully saturated rings. The fraction of sp³-hybridized carbons (Fsp3) is 0.100. The van der Waals surface area contributed by atoms with Gasteiger partial charge in [0.25, 0.3) is 0 Å². The van der Waals surface area contributed by atoms with Gasteiger partial charge in [0, 0.05) is 41.2 Å².